The maximum Gasteiger partial charge on any atom is 0.323 e. The Morgan fingerprint density at radius 3 is 2.82 bits per heavy atom. The van der Waals surface area contributed by atoms with Crippen LogP contribution in [0.5, 0.6) is 0 Å². The summed E-state index contributed by atoms with van der Waals surface area (Å²) in [5.74, 6) is 0. The van der Waals surface area contributed by atoms with Gasteiger partial charge in [-0.15, -0.1) is 0 Å². The number of anilines is 1. The average Bonchev–Trinajstić information content (AvgIpc) is 3.52. The number of hydrogen-bond donors (Lipinski definition) is 3. The number of fused-ring (bicyclic) bond motifs is 1. The Kier molecular flexibility index (Phi) is 5.67. The summed E-state index contributed by atoms with van der Waals surface area (Å²) in [6, 6.07) is 13.4. The molecule has 8 heteroatoms. The smallest absolute Gasteiger partial charge is 0.323 e. The van der Waals surface area contributed by atoms with Crippen LogP contribution in [-0.4, -0.2) is 25.8 Å². The number of aromatic nitrogens is 4. The van der Waals surface area contributed by atoms with Crippen LogP contribution < -0.4 is 10.6 Å². The highest BCUT2D eigenvalue weighted by molar-refractivity contribution is 5.97. The number of pyridine rings is 1. The molecule has 0 spiro atoms. The molecule has 0 bridgehead atoms. The van der Waals surface area contributed by atoms with Crippen molar-refractivity contribution >= 4 is 22.8 Å². The molecule has 2 amide bonds. The molecule has 0 atom stereocenters. The number of carbonyl (C=O) groups is 1. The van der Waals surface area contributed by atoms with E-state index in [0.717, 1.165) is 46.4 Å². The first-order valence-corrected chi connectivity index (χ1v) is 11.1. The van der Waals surface area contributed by atoms with Crippen LogP contribution in [-0.2, 0) is 6.54 Å². The first-order valence-electron chi connectivity index (χ1n) is 11.1. The maximum atomic E-state index is 12.5. The van der Waals surface area contributed by atoms with E-state index in [0.29, 0.717) is 23.4 Å². The lowest BCUT2D eigenvalue weighted by atomic mass is 10.0. The fraction of sp³-hybridized carbons (Fsp3) is 0.154. The van der Waals surface area contributed by atoms with Crippen LogP contribution >= 0.6 is 0 Å². The summed E-state index contributed by atoms with van der Waals surface area (Å²) in [4.78, 5) is 20.0. The summed E-state index contributed by atoms with van der Waals surface area (Å²) in [6.45, 7) is 2.81. The second kappa shape index (κ2) is 9.08. The Morgan fingerprint density at radius 1 is 1.18 bits per heavy atom. The van der Waals surface area contributed by atoms with E-state index in [2.05, 4.69) is 39.8 Å². The molecule has 0 saturated carbocycles. The standard InChI is InChI=1S/C26H23N7O/c1-2-33-16-22(20-11-13-28-25-21(20)12-14-29-25)24(32-33)17-7-9-19(10-8-17)30-26(34)31-23-6-4-3-5-18(23)15-27/h4,6-14,16H,2-3,5H2,1H3,(H,28,29)(H2,30,31,34). The Hall–Kier alpha value is -4.64. The van der Waals surface area contributed by atoms with Crippen LogP contribution in [0.4, 0.5) is 10.5 Å². The molecule has 1 aromatic carbocycles. The van der Waals surface area contributed by atoms with Crippen molar-refractivity contribution in [3.63, 3.8) is 0 Å². The predicted octanol–water partition coefficient (Wildman–Crippen LogP) is 5.36. The number of nitrogens with zero attached hydrogens (tertiary/aromatic N) is 4. The van der Waals surface area contributed by atoms with Crippen molar-refractivity contribution in [3.05, 3.63) is 78.4 Å². The van der Waals surface area contributed by atoms with Crippen molar-refractivity contribution in [2.24, 2.45) is 0 Å². The maximum absolute atomic E-state index is 12.5. The molecular weight excluding hydrogens is 426 g/mol. The third kappa shape index (κ3) is 4.07. The van der Waals surface area contributed by atoms with E-state index in [1.807, 2.05) is 53.4 Å². The number of nitriles is 1. The molecule has 3 aromatic heterocycles. The normalized spacial score (nSPS) is 13.2. The molecule has 0 saturated heterocycles. The van der Waals surface area contributed by atoms with Gasteiger partial charge in [-0.05, 0) is 55.7 Å². The summed E-state index contributed by atoms with van der Waals surface area (Å²) in [6.07, 6.45) is 10.9. The quantitative estimate of drug-likeness (QED) is 0.381. The summed E-state index contributed by atoms with van der Waals surface area (Å²) in [7, 11) is 0. The van der Waals surface area contributed by atoms with E-state index < -0.39 is 0 Å². The van der Waals surface area contributed by atoms with Gasteiger partial charge in [-0.25, -0.2) is 9.78 Å². The molecule has 0 fully saturated rings. The molecule has 1 aliphatic carbocycles. The number of H-pyrrole nitrogens is 1. The zero-order valence-electron chi connectivity index (χ0n) is 18.7. The number of carbonyl (C=O) groups excluding carboxylic acids is 1. The minimum atomic E-state index is -0.385. The van der Waals surface area contributed by atoms with Gasteiger partial charge in [-0.2, -0.15) is 10.4 Å². The van der Waals surface area contributed by atoms with Crippen molar-refractivity contribution in [1.29, 1.82) is 5.26 Å². The zero-order chi connectivity index (χ0) is 23.5. The monoisotopic (exact) mass is 449 g/mol. The molecule has 34 heavy (non-hydrogen) atoms. The number of rotatable bonds is 5. The van der Waals surface area contributed by atoms with Crippen LogP contribution in [0.3, 0.4) is 0 Å². The largest absolute Gasteiger partial charge is 0.346 e. The van der Waals surface area contributed by atoms with Gasteiger partial charge in [0.1, 0.15) is 11.3 Å². The number of amides is 2. The molecule has 5 rings (SSSR count). The molecule has 3 N–H and O–H groups in total. The lowest BCUT2D eigenvalue weighted by Crippen LogP contribution is -2.28. The van der Waals surface area contributed by atoms with Gasteiger partial charge >= 0.3 is 6.03 Å². The van der Waals surface area contributed by atoms with Gasteiger partial charge in [0.2, 0.25) is 0 Å². The second-order valence-corrected chi connectivity index (χ2v) is 7.95. The molecule has 1 aliphatic rings. The van der Waals surface area contributed by atoms with Gasteiger partial charge in [0.05, 0.1) is 17.3 Å². The van der Waals surface area contributed by atoms with Gasteiger partial charge in [0.15, 0.2) is 0 Å². The number of allylic oxidation sites excluding steroid dienone is 3. The fourth-order valence-corrected chi connectivity index (χ4v) is 4.08. The minimum absolute atomic E-state index is 0.385. The predicted molar refractivity (Wildman–Crippen MR) is 132 cm³/mol. The van der Waals surface area contributed by atoms with Gasteiger partial charge in [0.25, 0.3) is 0 Å². The van der Waals surface area contributed by atoms with Crippen LogP contribution in [0, 0.1) is 11.3 Å². The highest BCUT2D eigenvalue weighted by atomic mass is 16.2. The van der Waals surface area contributed by atoms with E-state index >= 15 is 0 Å². The van der Waals surface area contributed by atoms with Crippen molar-refractivity contribution < 1.29 is 4.79 Å². The Bertz CT molecular complexity index is 1470. The van der Waals surface area contributed by atoms with Gasteiger partial charge in [-0.1, -0.05) is 18.2 Å². The summed E-state index contributed by atoms with van der Waals surface area (Å²) in [5, 5.41) is 20.7. The van der Waals surface area contributed by atoms with Crippen LogP contribution in [0.2, 0.25) is 0 Å². The molecule has 168 valence electrons. The Labute approximate surface area is 196 Å². The van der Waals surface area contributed by atoms with Crippen molar-refractivity contribution in [3.8, 4) is 28.5 Å². The average molecular weight is 450 g/mol. The van der Waals surface area contributed by atoms with Crippen molar-refractivity contribution in [2.45, 2.75) is 26.3 Å². The van der Waals surface area contributed by atoms with Gasteiger partial charge in [-0.3, -0.25) is 4.68 Å². The minimum Gasteiger partial charge on any atom is -0.346 e. The van der Waals surface area contributed by atoms with Gasteiger partial charge < -0.3 is 15.6 Å². The summed E-state index contributed by atoms with van der Waals surface area (Å²) in [5.41, 5.74) is 6.50. The second-order valence-electron chi connectivity index (χ2n) is 7.95. The molecular formula is C26H23N7O. The number of hydrogen-bond acceptors (Lipinski definition) is 4. The van der Waals surface area contributed by atoms with E-state index in [1.165, 1.54) is 0 Å². The van der Waals surface area contributed by atoms with Crippen LogP contribution in [0.1, 0.15) is 19.8 Å². The lowest BCUT2D eigenvalue weighted by Gasteiger charge is -2.13. The SMILES string of the molecule is CCn1cc(-c2ccnc3[nH]ccc23)c(-c2ccc(NC(=O)NC3=C(C#N)CCC=C3)cc2)n1. The number of aromatic amines is 1. The first-order chi connectivity index (χ1) is 16.7. The molecule has 0 unspecified atom stereocenters. The Balaban J connectivity index is 1.40. The van der Waals surface area contributed by atoms with E-state index in [1.54, 1.807) is 12.3 Å². The number of urea groups is 1. The van der Waals surface area contributed by atoms with Crippen molar-refractivity contribution in [1.82, 2.24) is 25.1 Å². The van der Waals surface area contributed by atoms with Crippen molar-refractivity contribution in [2.75, 3.05) is 5.32 Å². The highest BCUT2D eigenvalue weighted by Crippen LogP contribution is 2.35. The molecule has 0 radical (unpaired) electrons. The molecule has 4 aromatic rings. The summed E-state index contributed by atoms with van der Waals surface area (Å²) < 4.78 is 1.92. The molecule has 3 heterocycles. The highest BCUT2D eigenvalue weighted by Gasteiger charge is 2.16. The topological polar surface area (TPSA) is 111 Å². The number of benzene rings is 1. The molecule has 8 nitrogen and oxygen atoms in total. The number of aryl methyl sites for hydroxylation is 1. The third-order valence-electron chi connectivity index (χ3n) is 5.81. The zero-order valence-corrected chi connectivity index (χ0v) is 18.7. The van der Waals surface area contributed by atoms with Crippen LogP contribution in [0.15, 0.2) is 78.4 Å². The summed E-state index contributed by atoms with van der Waals surface area (Å²) >= 11 is 0. The fourth-order valence-electron chi connectivity index (χ4n) is 4.08. The first kappa shape index (κ1) is 21.2. The van der Waals surface area contributed by atoms with E-state index in [4.69, 9.17) is 5.10 Å². The van der Waals surface area contributed by atoms with Gasteiger partial charge in [0, 0.05) is 47.3 Å². The third-order valence-corrected chi connectivity index (χ3v) is 5.81. The molecule has 0 aliphatic heterocycles. The Morgan fingerprint density at radius 2 is 2.03 bits per heavy atom. The number of nitrogens with one attached hydrogen (secondary N) is 3. The van der Waals surface area contributed by atoms with E-state index in [-0.39, 0.29) is 6.03 Å². The lowest BCUT2D eigenvalue weighted by molar-refractivity contribution is 0.254. The van der Waals surface area contributed by atoms with E-state index in [9.17, 15) is 10.1 Å². The van der Waals surface area contributed by atoms with Crippen LogP contribution in [0.25, 0.3) is 33.4 Å².